The van der Waals surface area contributed by atoms with Gasteiger partial charge < -0.3 is 74.7 Å². The summed E-state index contributed by atoms with van der Waals surface area (Å²) < 4.78 is 32.4. The Morgan fingerprint density at radius 1 is 0.771 bits per heavy atom. The van der Waals surface area contributed by atoms with E-state index < -0.39 is 127 Å². The average molecular weight is 999 g/mol. The third-order valence-corrected chi connectivity index (χ3v) is 16.5. The molecule has 1 spiro atoms. The van der Waals surface area contributed by atoms with Crippen LogP contribution < -0.4 is 0 Å². The SMILES string of the molecule is CCCC1(O)C(O)C(C)CC=CC=CC(CC(C)O)CCC2OC3(CCC(C)C(C(C)C(O)CC)O3)C(C)C(OC(=O)C=CC(C)C(O)C(C)C(O)C(O[C@H]3CC[C@@H](O)[C@@H](C)O3)C(O)C(O)C1O)C2C. The second-order valence-corrected chi connectivity index (χ2v) is 22.1. The van der Waals surface area contributed by atoms with Crippen molar-refractivity contribution in [3.05, 3.63) is 36.5 Å². The third kappa shape index (κ3) is 14.9. The van der Waals surface area contributed by atoms with Crippen LogP contribution in [0.1, 0.15) is 147 Å². The number of aliphatic hydroxyl groups is 10. The van der Waals surface area contributed by atoms with Gasteiger partial charge in [0.2, 0.25) is 0 Å². The standard InChI is InChI=1S/C54H94O16/c1-12-26-53(65)51(63)31(5)17-15-14-16-18-38(28-32(6)55)20-22-41-34(8)49(36(10)54(69-41)27-25-30(4)48(70-54)33(7)39(56)13-2)67-42(58)23-19-29(3)44(59)35(9)45(60)50(46(61)47(62)52(53)64)68-43-24-21-40(57)37(11)66-43/h14-16,18-19,23,29-41,43-52,55-57,59-65H,12-13,17,20-22,24-28H2,1-11H3/t29?,30?,31?,32?,33?,34?,35?,36?,37-,38?,39?,40-,41?,43+,44?,45?,46?,47?,48?,49?,50?,51?,52?,53?,54?/m1/s1. The lowest BCUT2D eigenvalue weighted by Crippen LogP contribution is -2.63. The van der Waals surface area contributed by atoms with Gasteiger partial charge in [0.05, 0.1) is 54.9 Å². The van der Waals surface area contributed by atoms with E-state index in [0.717, 1.165) is 6.42 Å². The summed E-state index contributed by atoms with van der Waals surface area (Å²) in [5, 5.41) is 115. The highest BCUT2D eigenvalue weighted by atomic mass is 16.7. The van der Waals surface area contributed by atoms with Crippen molar-refractivity contribution >= 4 is 5.97 Å². The van der Waals surface area contributed by atoms with Crippen LogP contribution in [0.3, 0.4) is 0 Å². The number of fused-ring (bicyclic) bond motifs is 2. The van der Waals surface area contributed by atoms with Crippen LogP contribution in [-0.4, -0.2) is 160 Å². The van der Waals surface area contributed by atoms with Crippen molar-refractivity contribution < 1.29 is 79.5 Å². The summed E-state index contributed by atoms with van der Waals surface area (Å²) in [5.74, 6) is -5.18. The molecule has 2 bridgehead atoms. The maximum Gasteiger partial charge on any atom is 0.330 e. The summed E-state index contributed by atoms with van der Waals surface area (Å²) >= 11 is 0. The summed E-state index contributed by atoms with van der Waals surface area (Å²) in [4.78, 5) is 13.9. The second-order valence-electron chi connectivity index (χ2n) is 22.1. The van der Waals surface area contributed by atoms with E-state index in [1.807, 2.05) is 52.0 Å². The largest absolute Gasteiger partial charge is 0.458 e. The maximum absolute atomic E-state index is 13.9. The van der Waals surface area contributed by atoms with Gasteiger partial charge in [-0.3, -0.25) is 0 Å². The molecule has 4 aliphatic rings. The summed E-state index contributed by atoms with van der Waals surface area (Å²) in [7, 11) is 0. The molecule has 3 fully saturated rings. The Kier molecular flexibility index (Phi) is 23.5. The molecule has 4 aliphatic heterocycles. The number of hydrogen-bond acceptors (Lipinski definition) is 16. The van der Waals surface area contributed by atoms with Gasteiger partial charge in [-0.25, -0.2) is 4.79 Å². The predicted octanol–water partition coefficient (Wildman–Crippen LogP) is 4.60. The minimum atomic E-state index is -2.33. The van der Waals surface area contributed by atoms with Gasteiger partial charge in [-0.15, -0.1) is 0 Å². The van der Waals surface area contributed by atoms with Gasteiger partial charge in [0.25, 0.3) is 0 Å². The van der Waals surface area contributed by atoms with Crippen molar-refractivity contribution in [1.29, 1.82) is 0 Å². The Labute approximate surface area is 418 Å². The summed E-state index contributed by atoms with van der Waals surface area (Å²) in [6.07, 6.45) is -3.50. The molecule has 10 N–H and O–H groups in total. The van der Waals surface area contributed by atoms with E-state index >= 15 is 0 Å². The van der Waals surface area contributed by atoms with Gasteiger partial charge >= 0.3 is 5.97 Å². The second kappa shape index (κ2) is 27.1. The summed E-state index contributed by atoms with van der Waals surface area (Å²) in [6, 6.07) is 0. The first kappa shape index (κ1) is 60.7. The maximum atomic E-state index is 13.9. The van der Waals surface area contributed by atoms with Crippen LogP contribution in [0.4, 0.5) is 0 Å². The van der Waals surface area contributed by atoms with Crippen molar-refractivity contribution in [2.75, 3.05) is 0 Å². The number of rotatable bonds is 9. The fourth-order valence-corrected chi connectivity index (χ4v) is 11.5. The number of ether oxygens (including phenoxy) is 5. The zero-order valence-electron chi connectivity index (χ0n) is 43.9. The average Bonchev–Trinajstić information content (AvgIpc) is 3.33. The normalized spacial score (nSPS) is 46.0. The van der Waals surface area contributed by atoms with Crippen molar-refractivity contribution in [3.8, 4) is 0 Å². The van der Waals surface area contributed by atoms with Gasteiger partial charge in [0, 0.05) is 48.5 Å². The predicted molar refractivity (Wildman–Crippen MR) is 263 cm³/mol. The zero-order chi connectivity index (χ0) is 52.4. The van der Waals surface area contributed by atoms with Crippen LogP contribution in [-0.2, 0) is 28.5 Å². The molecule has 22 unspecified atom stereocenters. The first-order valence-corrected chi connectivity index (χ1v) is 26.6. The van der Waals surface area contributed by atoms with Gasteiger partial charge in [-0.05, 0) is 83.0 Å². The van der Waals surface area contributed by atoms with Crippen LogP contribution in [0.5, 0.6) is 0 Å². The first-order valence-electron chi connectivity index (χ1n) is 26.6. The summed E-state index contributed by atoms with van der Waals surface area (Å²) in [6.45, 7) is 20.0. The van der Waals surface area contributed by atoms with E-state index in [-0.39, 0.29) is 61.9 Å². The van der Waals surface area contributed by atoms with E-state index in [1.165, 1.54) is 19.1 Å². The molecule has 0 aromatic rings. The van der Waals surface area contributed by atoms with Crippen LogP contribution in [0.2, 0.25) is 0 Å². The lowest BCUT2D eigenvalue weighted by molar-refractivity contribution is -0.376. The topological polar surface area (TPSA) is 266 Å². The van der Waals surface area contributed by atoms with E-state index in [1.54, 1.807) is 34.6 Å². The highest BCUT2D eigenvalue weighted by Crippen LogP contribution is 2.50. The number of esters is 1. The molecule has 16 nitrogen and oxygen atoms in total. The molecule has 0 aliphatic carbocycles. The molecule has 25 atom stereocenters. The molecule has 0 radical (unpaired) electrons. The van der Waals surface area contributed by atoms with Crippen LogP contribution in [0.25, 0.3) is 0 Å². The number of aliphatic hydroxyl groups excluding tert-OH is 9. The lowest BCUT2D eigenvalue weighted by atomic mass is 9.73. The van der Waals surface area contributed by atoms with Crippen molar-refractivity contribution in [3.63, 3.8) is 0 Å². The first-order chi connectivity index (χ1) is 32.8. The Bertz CT molecular complexity index is 1660. The van der Waals surface area contributed by atoms with E-state index in [2.05, 4.69) is 6.92 Å². The minimum Gasteiger partial charge on any atom is -0.458 e. The Balaban J connectivity index is 1.77. The monoisotopic (exact) mass is 999 g/mol. The Morgan fingerprint density at radius 3 is 2.09 bits per heavy atom. The molecule has 70 heavy (non-hydrogen) atoms. The van der Waals surface area contributed by atoms with Crippen LogP contribution in [0, 0.1) is 47.3 Å². The fraction of sp³-hybridized carbons (Fsp3) is 0.870. The third-order valence-electron chi connectivity index (χ3n) is 16.5. The number of carbonyl (C=O) groups excluding carboxylic acids is 1. The molecule has 0 saturated carbocycles. The molecule has 406 valence electrons. The number of hydrogen-bond donors (Lipinski definition) is 10. The molecule has 16 heteroatoms. The number of carbonyl (C=O) groups is 1. The quantitative estimate of drug-likeness (QED) is 0.142. The smallest absolute Gasteiger partial charge is 0.330 e. The molecule has 4 heterocycles. The highest BCUT2D eigenvalue weighted by Gasteiger charge is 2.57. The van der Waals surface area contributed by atoms with Crippen LogP contribution in [0.15, 0.2) is 36.5 Å². The fourth-order valence-electron chi connectivity index (χ4n) is 11.5. The van der Waals surface area contributed by atoms with Crippen LogP contribution >= 0.6 is 0 Å². The van der Waals surface area contributed by atoms with Gasteiger partial charge in [0.1, 0.15) is 36.1 Å². The van der Waals surface area contributed by atoms with Gasteiger partial charge in [-0.1, -0.05) is 99.1 Å². The molecular formula is C54H94O16. The summed E-state index contributed by atoms with van der Waals surface area (Å²) in [5.41, 5.74) is -2.33. The minimum absolute atomic E-state index is 0.0833. The molecule has 0 aromatic carbocycles. The van der Waals surface area contributed by atoms with E-state index in [0.29, 0.717) is 32.1 Å². The van der Waals surface area contributed by atoms with E-state index in [9.17, 15) is 55.9 Å². The molecule has 4 rings (SSSR count). The van der Waals surface area contributed by atoms with Gasteiger partial charge in [0.15, 0.2) is 12.1 Å². The zero-order valence-corrected chi connectivity index (χ0v) is 43.9. The molecule has 3 saturated heterocycles. The lowest BCUT2D eigenvalue weighted by Gasteiger charge is -2.56. The molecular weight excluding hydrogens is 905 g/mol. The van der Waals surface area contributed by atoms with Crippen molar-refractivity contribution in [2.45, 2.75) is 250 Å². The molecule has 0 amide bonds. The molecule has 0 aromatic heterocycles. The van der Waals surface area contributed by atoms with Gasteiger partial charge in [-0.2, -0.15) is 0 Å². The highest BCUT2D eigenvalue weighted by molar-refractivity contribution is 5.82. The number of allylic oxidation sites excluding steroid dienone is 4. The Hall–Kier alpha value is -1.87. The van der Waals surface area contributed by atoms with E-state index in [4.69, 9.17) is 23.7 Å². The van der Waals surface area contributed by atoms with Crippen molar-refractivity contribution in [2.24, 2.45) is 47.3 Å². The van der Waals surface area contributed by atoms with Crippen molar-refractivity contribution in [1.82, 2.24) is 0 Å². The Morgan fingerprint density at radius 2 is 1.46 bits per heavy atom.